The summed E-state index contributed by atoms with van der Waals surface area (Å²) < 4.78 is 7.92. The average Bonchev–Trinajstić information content (AvgIpc) is 2.68. The van der Waals surface area contributed by atoms with Crippen molar-refractivity contribution in [3.63, 3.8) is 0 Å². The highest BCUT2D eigenvalue weighted by Gasteiger charge is 2.18. The van der Waals surface area contributed by atoms with Crippen molar-refractivity contribution in [1.29, 1.82) is 0 Å². The zero-order valence-corrected chi connectivity index (χ0v) is 14.1. The molecule has 1 aromatic heterocycles. The molecule has 0 spiro atoms. The number of carbonyl (C=O) groups is 1. The second-order valence-electron chi connectivity index (χ2n) is 5.69. The van der Waals surface area contributed by atoms with E-state index in [2.05, 4.69) is 26.3 Å². The van der Waals surface area contributed by atoms with E-state index in [4.69, 9.17) is 4.74 Å². The molecule has 2 aromatic rings. The minimum Gasteiger partial charge on any atom is -0.444 e. The van der Waals surface area contributed by atoms with E-state index in [0.717, 1.165) is 15.9 Å². The van der Waals surface area contributed by atoms with Crippen LogP contribution in [-0.4, -0.2) is 21.5 Å². The van der Waals surface area contributed by atoms with E-state index in [1.807, 2.05) is 52.0 Å². The van der Waals surface area contributed by atoms with Crippen molar-refractivity contribution < 1.29 is 9.53 Å². The monoisotopic (exact) mass is 351 g/mol. The van der Waals surface area contributed by atoms with Gasteiger partial charge < -0.3 is 4.74 Å². The third-order valence-corrected chi connectivity index (χ3v) is 3.06. The van der Waals surface area contributed by atoms with Gasteiger partial charge in [-0.05, 0) is 52.0 Å². The Hall–Kier alpha value is -1.82. The average molecular weight is 352 g/mol. The lowest BCUT2D eigenvalue weighted by atomic mass is 10.2. The van der Waals surface area contributed by atoms with E-state index in [1.165, 1.54) is 0 Å². The number of ether oxygens (including phenoxy) is 1. The smallest absolute Gasteiger partial charge is 0.413 e. The Balaban J connectivity index is 2.25. The molecule has 0 unspecified atom stereocenters. The largest absolute Gasteiger partial charge is 0.444 e. The van der Waals surface area contributed by atoms with Gasteiger partial charge in [-0.15, -0.1) is 0 Å². The number of aryl methyl sites for hydroxylation is 1. The van der Waals surface area contributed by atoms with Crippen molar-refractivity contribution in [1.82, 2.24) is 9.78 Å². The van der Waals surface area contributed by atoms with Crippen LogP contribution < -0.4 is 5.32 Å². The fraction of sp³-hybridized carbons (Fsp3) is 0.333. The first kappa shape index (κ1) is 15.6. The van der Waals surface area contributed by atoms with Crippen LogP contribution >= 0.6 is 15.9 Å². The van der Waals surface area contributed by atoms with E-state index in [1.54, 1.807) is 10.7 Å². The molecule has 1 aromatic carbocycles. The quantitative estimate of drug-likeness (QED) is 0.877. The highest BCUT2D eigenvalue weighted by molar-refractivity contribution is 9.10. The maximum atomic E-state index is 11.9. The van der Waals surface area contributed by atoms with Crippen LogP contribution in [0.15, 0.2) is 34.8 Å². The summed E-state index contributed by atoms with van der Waals surface area (Å²) in [6, 6.07) is 9.47. The summed E-state index contributed by atoms with van der Waals surface area (Å²) in [5.74, 6) is 0.573. The Morgan fingerprint density at radius 1 is 1.29 bits per heavy atom. The number of nitrogens with one attached hydrogen (secondary N) is 1. The molecule has 0 atom stereocenters. The van der Waals surface area contributed by atoms with Crippen LogP contribution in [0.25, 0.3) is 5.69 Å². The van der Waals surface area contributed by atoms with Crippen LogP contribution in [-0.2, 0) is 4.74 Å². The fourth-order valence-electron chi connectivity index (χ4n) is 1.78. The van der Waals surface area contributed by atoms with Gasteiger partial charge in [-0.3, -0.25) is 5.32 Å². The van der Waals surface area contributed by atoms with Crippen LogP contribution in [0.3, 0.4) is 0 Å². The molecule has 1 N–H and O–H groups in total. The van der Waals surface area contributed by atoms with E-state index >= 15 is 0 Å². The number of nitrogens with zero attached hydrogens (tertiary/aromatic N) is 2. The van der Waals surface area contributed by atoms with E-state index in [9.17, 15) is 4.79 Å². The number of hydrogen-bond acceptors (Lipinski definition) is 3. The molecule has 0 bridgehead atoms. The molecule has 0 saturated heterocycles. The molecule has 5 nitrogen and oxygen atoms in total. The number of halogens is 1. The Labute approximate surface area is 132 Å². The number of anilines is 1. The normalized spacial score (nSPS) is 11.3. The van der Waals surface area contributed by atoms with Crippen LogP contribution in [0.1, 0.15) is 26.5 Å². The molecular formula is C15H18BrN3O2. The second-order valence-corrected chi connectivity index (χ2v) is 6.60. The lowest BCUT2D eigenvalue weighted by molar-refractivity contribution is 0.0635. The fourth-order valence-corrected chi connectivity index (χ4v) is 2.04. The van der Waals surface area contributed by atoms with Crippen molar-refractivity contribution in [3.8, 4) is 5.69 Å². The summed E-state index contributed by atoms with van der Waals surface area (Å²) in [5, 5.41) is 7.12. The van der Waals surface area contributed by atoms with Crippen molar-refractivity contribution in [2.24, 2.45) is 0 Å². The standard InChI is InChI=1S/C15H18BrN3O2/c1-10-9-13(17-14(20)21-15(2,3)4)19(18-10)12-7-5-11(16)6-8-12/h5-9H,1-4H3,(H,17,20). The van der Waals surface area contributed by atoms with Crippen LogP contribution in [0.5, 0.6) is 0 Å². The molecule has 0 fully saturated rings. The van der Waals surface area contributed by atoms with Gasteiger partial charge in [0.25, 0.3) is 0 Å². The minimum absolute atomic E-state index is 0.499. The lowest BCUT2D eigenvalue weighted by Gasteiger charge is -2.19. The SMILES string of the molecule is Cc1cc(NC(=O)OC(C)(C)C)n(-c2ccc(Br)cc2)n1. The van der Waals surface area contributed by atoms with Gasteiger partial charge in [-0.25, -0.2) is 9.48 Å². The summed E-state index contributed by atoms with van der Waals surface area (Å²) in [7, 11) is 0. The summed E-state index contributed by atoms with van der Waals surface area (Å²) in [6.45, 7) is 7.34. The molecule has 0 saturated carbocycles. The molecule has 1 amide bonds. The van der Waals surface area contributed by atoms with Crippen molar-refractivity contribution >= 4 is 27.8 Å². The summed E-state index contributed by atoms with van der Waals surface area (Å²) in [4.78, 5) is 11.9. The molecule has 0 aliphatic carbocycles. The van der Waals surface area contributed by atoms with Gasteiger partial charge in [0, 0.05) is 10.5 Å². The van der Waals surface area contributed by atoms with Gasteiger partial charge in [0.05, 0.1) is 11.4 Å². The molecule has 112 valence electrons. The molecule has 1 heterocycles. The lowest BCUT2D eigenvalue weighted by Crippen LogP contribution is -2.27. The number of carbonyl (C=O) groups excluding carboxylic acids is 1. The molecule has 0 radical (unpaired) electrons. The van der Waals surface area contributed by atoms with Crippen molar-refractivity contribution in [2.75, 3.05) is 5.32 Å². The minimum atomic E-state index is -0.540. The maximum Gasteiger partial charge on any atom is 0.413 e. The number of hydrogen-bond donors (Lipinski definition) is 1. The zero-order valence-electron chi connectivity index (χ0n) is 12.5. The third-order valence-electron chi connectivity index (χ3n) is 2.53. The molecule has 21 heavy (non-hydrogen) atoms. The maximum absolute atomic E-state index is 11.9. The number of aromatic nitrogens is 2. The number of amides is 1. The van der Waals surface area contributed by atoms with E-state index in [0.29, 0.717) is 5.82 Å². The van der Waals surface area contributed by atoms with Crippen molar-refractivity contribution in [3.05, 3.63) is 40.5 Å². The predicted octanol–water partition coefficient (Wildman–Crippen LogP) is 4.29. The Bertz CT molecular complexity index is 642. The Kier molecular flexibility index (Phi) is 4.37. The van der Waals surface area contributed by atoms with E-state index in [-0.39, 0.29) is 0 Å². The highest BCUT2D eigenvalue weighted by Crippen LogP contribution is 2.20. The first-order valence-corrected chi connectivity index (χ1v) is 7.36. The number of benzene rings is 1. The zero-order chi connectivity index (χ0) is 15.6. The summed E-state index contributed by atoms with van der Waals surface area (Å²) >= 11 is 3.40. The summed E-state index contributed by atoms with van der Waals surface area (Å²) in [6.07, 6.45) is -0.499. The summed E-state index contributed by atoms with van der Waals surface area (Å²) in [5.41, 5.74) is 1.13. The van der Waals surface area contributed by atoms with Gasteiger partial charge in [0.15, 0.2) is 0 Å². The number of rotatable bonds is 2. The van der Waals surface area contributed by atoms with Gasteiger partial charge in [-0.1, -0.05) is 15.9 Å². The van der Waals surface area contributed by atoms with Crippen LogP contribution in [0, 0.1) is 6.92 Å². The first-order chi connectivity index (χ1) is 9.74. The molecule has 2 rings (SSSR count). The van der Waals surface area contributed by atoms with E-state index < -0.39 is 11.7 Å². The topological polar surface area (TPSA) is 56.1 Å². The molecule has 6 heteroatoms. The van der Waals surface area contributed by atoms with Crippen molar-refractivity contribution in [2.45, 2.75) is 33.3 Å². The second kappa shape index (κ2) is 5.89. The molecule has 0 aliphatic heterocycles. The van der Waals surface area contributed by atoms with Gasteiger partial charge in [-0.2, -0.15) is 5.10 Å². The third kappa shape index (κ3) is 4.32. The van der Waals surface area contributed by atoms with Gasteiger partial charge in [0.2, 0.25) is 0 Å². The van der Waals surface area contributed by atoms with Gasteiger partial charge >= 0.3 is 6.09 Å². The van der Waals surface area contributed by atoms with Gasteiger partial charge in [0.1, 0.15) is 11.4 Å². The first-order valence-electron chi connectivity index (χ1n) is 6.57. The highest BCUT2D eigenvalue weighted by atomic mass is 79.9. The van der Waals surface area contributed by atoms with Crippen LogP contribution in [0.4, 0.5) is 10.6 Å². The predicted molar refractivity (Wildman–Crippen MR) is 85.9 cm³/mol. The Morgan fingerprint density at radius 3 is 2.48 bits per heavy atom. The molecule has 0 aliphatic rings. The van der Waals surface area contributed by atoms with Crippen LogP contribution in [0.2, 0.25) is 0 Å². The molecular weight excluding hydrogens is 334 g/mol. The Morgan fingerprint density at radius 2 is 1.90 bits per heavy atom.